The molecule has 1 aromatic carbocycles. The van der Waals surface area contributed by atoms with Gasteiger partial charge in [0, 0.05) is 12.2 Å². The van der Waals surface area contributed by atoms with E-state index in [-0.39, 0.29) is 11.7 Å². The maximum Gasteiger partial charge on any atom is 0.237 e. The van der Waals surface area contributed by atoms with Crippen molar-refractivity contribution in [2.24, 2.45) is 5.92 Å². The van der Waals surface area contributed by atoms with E-state index in [9.17, 15) is 9.59 Å². The van der Waals surface area contributed by atoms with E-state index >= 15 is 0 Å². The number of rotatable bonds is 3. The zero-order valence-corrected chi connectivity index (χ0v) is 11.4. The molecule has 2 fully saturated rings. The SMILES string of the molecule is CC1(C(=O)C2CCN(c3ccccc3)C2=O)OCCO1. The molecule has 1 atom stereocenters. The van der Waals surface area contributed by atoms with E-state index in [1.54, 1.807) is 11.8 Å². The van der Waals surface area contributed by atoms with Crippen molar-refractivity contribution in [3.63, 3.8) is 0 Å². The minimum Gasteiger partial charge on any atom is -0.341 e. The normalized spacial score (nSPS) is 25.1. The Labute approximate surface area is 117 Å². The van der Waals surface area contributed by atoms with Crippen LogP contribution in [-0.4, -0.2) is 37.2 Å². The second-order valence-corrected chi connectivity index (χ2v) is 5.17. The molecule has 2 saturated heterocycles. The predicted molar refractivity (Wildman–Crippen MR) is 72.2 cm³/mol. The van der Waals surface area contributed by atoms with Crippen molar-refractivity contribution in [3.8, 4) is 0 Å². The average Bonchev–Trinajstić information content (AvgIpc) is 3.06. The third-order valence-corrected chi connectivity index (χ3v) is 3.88. The van der Waals surface area contributed by atoms with Crippen molar-refractivity contribution in [1.29, 1.82) is 0 Å². The highest BCUT2D eigenvalue weighted by molar-refractivity contribution is 6.12. The van der Waals surface area contributed by atoms with Crippen LogP contribution >= 0.6 is 0 Å². The van der Waals surface area contributed by atoms with Crippen molar-refractivity contribution in [2.45, 2.75) is 19.1 Å². The minimum absolute atomic E-state index is 0.165. The summed E-state index contributed by atoms with van der Waals surface area (Å²) in [6.07, 6.45) is 0.509. The third-order valence-electron chi connectivity index (χ3n) is 3.88. The number of carbonyl (C=O) groups is 2. The number of para-hydroxylation sites is 1. The van der Waals surface area contributed by atoms with Crippen LogP contribution < -0.4 is 4.90 Å². The number of anilines is 1. The van der Waals surface area contributed by atoms with Crippen LogP contribution in [0.25, 0.3) is 0 Å². The van der Waals surface area contributed by atoms with Gasteiger partial charge in [0.05, 0.1) is 13.2 Å². The van der Waals surface area contributed by atoms with Crippen LogP contribution in [0.15, 0.2) is 30.3 Å². The van der Waals surface area contributed by atoms with Crippen LogP contribution in [0, 0.1) is 5.92 Å². The number of amides is 1. The molecular formula is C15H17NO4. The summed E-state index contributed by atoms with van der Waals surface area (Å²) < 4.78 is 10.7. The van der Waals surface area contributed by atoms with E-state index in [0.29, 0.717) is 26.2 Å². The molecule has 2 aliphatic heterocycles. The van der Waals surface area contributed by atoms with Crippen molar-refractivity contribution >= 4 is 17.4 Å². The maximum atomic E-state index is 12.5. The van der Waals surface area contributed by atoms with Gasteiger partial charge in [-0.1, -0.05) is 18.2 Å². The van der Waals surface area contributed by atoms with Gasteiger partial charge in [-0.15, -0.1) is 0 Å². The maximum absolute atomic E-state index is 12.5. The zero-order chi connectivity index (χ0) is 14.2. The molecule has 3 rings (SSSR count). The van der Waals surface area contributed by atoms with Crippen LogP contribution in [0.3, 0.4) is 0 Å². The fourth-order valence-corrected chi connectivity index (χ4v) is 2.76. The summed E-state index contributed by atoms with van der Waals surface area (Å²) in [5.74, 6) is -2.36. The van der Waals surface area contributed by atoms with Gasteiger partial charge < -0.3 is 14.4 Å². The number of ether oxygens (including phenoxy) is 2. The second kappa shape index (κ2) is 5.00. The van der Waals surface area contributed by atoms with E-state index in [1.165, 1.54) is 0 Å². The fourth-order valence-electron chi connectivity index (χ4n) is 2.76. The molecule has 0 radical (unpaired) electrons. The Morgan fingerprint density at radius 3 is 2.55 bits per heavy atom. The quantitative estimate of drug-likeness (QED) is 0.782. The van der Waals surface area contributed by atoms with E-state index < -0.39 is 11.7 Å². The lowest BCUT2D eigenvalue weighted by atomic mass is 9.96. The molecule has 2 heterocycles. The molecule has 5 nitrogen and oxygen atoms in total. The number of nitrogens with zero attached hydrogens (tertiary/aromatic N) is 1. The van der Waals surface area contributed by atoms with Crippen LogP contribution in [0.4, 0.5) is 5.69 Å². The molecule has 0 N–H and O–H groups in total. The van der Waals surface area contributed by atoms with Gasteiger partial charge in [-0.3, -0.25) is 9.59 Å². The van der Waals surface area contributed by atoms with Gasteiger partial charge in [-0.05, 0) is 25.5 Å². The molecule has 1 amide bonds. The van der Waals surface area contributed by atoms with E-state index in [0.717, 1.165) is 5.69 Å². The molecule has 0 saturated carbocycles. The van der Waals surface area contributed by atoms with Gasteiger partial charge in [0.1, 0.15) is 5.92 Å². The Bertz CT molecular complexity index is 522. The van der Waals surface area contributed by atoms with Crippen molar-refractivity contribution in [1.82, 2.24) is 0 Å². The topological polar surface area (TPSA) is 55.8 Å². The Hall–Kier alpha value is -1.72. The molecule has 0 aliphatic carbocycles. The first-order valence-corrected chi connectivity index (χ1v) is 6.80. The summed E-state index contributed by atoms with van der Waals surface area (Å²) in [6.45, 7) is 2.94. The smallest absolute Gasteiger partial charge is 0.237 e. The minimum atomic E-state index is -1.26. The highest BCUT2D eigenvalue weighted by Crippen LogP contribution is 2.31. The van der Waals surface area contributed by atoms with Crippen molar-refractivity contribution in [3.05, 3.63) is 30.3 Å². The van der Waals surface area contributed by atoms with Gasteiger partial charge in [-0.25, -0.2) is 0 Å². The Kier molecular flexibility index (Phi) is 3.31. The molecule has 0 aromatic heterocycles. The highest BCUT2D eigenvalue weighted by atomic mass is 16.7. The van der Waals surface area contributed by atoms with Crippen molar-refractivity contribution < 1.29 is 19.1 Å². The van der Waals surface area contributed by atoms with Crippen molar-refractivity contribution in [2.75, 3.05) is 24.7 Å². The number of benzene rings is 1. The van der Waals surface area contributed by atoms with Gasteiger partial charge in [0.15, 0.2) is 0 Å². The number of Topliss-reactive ketones (excluding diaryl/α,β-unsaturated/α-hetero) is 1. The van der Waals surface area contributed by atoms with Gasteiger partial charge >= 0.3 is 0 Å². The van der Waals surface area contributed by atoms with Crippen LogP contribution in [0.5, 0.6) is 0 Å². The first-order valence-electron chi connectivity index (χ1n) is 6.80. The predicted octanol–water partition coefficient (Wildman–Crippen LogP) is 1.37. The third kappa shape index (κ3) is 2.13. The number of carbonyl (C=O) groups excluding carboxylic acids is 2. The van der Waals surface area contributed by atoms with Crippen LogP contribution in [-0.2, 0) is 19.1 Å². The molecule has 106 valence electrons. The summed E-state index contributed by atoms with van der Waals surface area (Å²) >= 11 is 0. The van der Waals surface area contributed by atoms with E-state index in [1.807, 2.05) is 30.3 Å². The summed E-state index contributed by atoms with van der Waals surface area (Å²) in [4.78, 5) is 26.6. The van der Waals surface area contributed by atoms with Crippen LogP contribution in [0.1, 0.15) is 13.3 Å². The lowest BCUT2D eigenvalue weighted by Crippen LogP contribution is -2.43. The number of hydrogen-bond acceptors (Lipinski definition) is 4. The molecule has 20 heavy (non-hydrogen) atoms. The van der Waals surface area contributed by atoms with Gasteiger partial charge in [-0.2, -0.15) is 0 Å². The molecule has 5 heteroatoms. The fraction of sp³-hybridized carbons (Fsp3) is 0.467. The highest BCUT2D eigenvalue weighted by Gasteiger charge is 2.48. The Morgan fingerprint density at radius 2 is 1.90 bits per heavy atom. The monoisotopic (exact) mass is 275 g/mol. The average molecular weight is 275 g/mol. The molecular weight excluding hydrogens is 258 g/mol. The number of hydrogen-bond donors (Lipinski definition) is 0. The lowest BCUT2D eigenvalue weighted by molar-refractivity contribution is -0.178. The number of ketones is 1. The van der Waals surface area contributed by atoms with Gasteiger partial charge in [0.25, 0.3) is 0 Å². The lowest BCUT2D eigenvalue weighted by Gasteiger charge is -2.23. The summed E-state index contributed by atoms with van der Waals surface area (Å²) in [5.41, 5.74) is 0.825. The summed E-state index contributed by atoms with van der Waals surface area (Å²) in [5, 5.41) is 0. The summed E-state index contributed by atoms with van der Waals surface area (Å²) in [6, 6.07) is 9.39. The van der Waals surface area contributed by atoms with E-state index in [2.05, 4.69) is 0 Å². The summed E-state index contributed by atoms with van der Waals surface area (Å²) in [7, 11) is 0. The molecule has 1 aromatic rings. The van der Waals surface area contributed by atoms with Gasteiger partial charge in [0.2, 0.25) is 17.5 Å². The largest absolute Gasteiger partial charge is 0.341 e. The van der Waals surface area contributed by atoms with Crippen LogP contribution in [0.2, 0.25) is 0 Å². The first-order chi connectivity index (χ1) is 9.62. The first kappa shape index (κ1) is 13.3. The van der Waals surface area contributed by atoms with E-state index in [4.69, 9.17) is 9.47 Å². The molecule has 1 unspecified atom stereocenters. The second-order valence-electron chi connectivity index (χ2n) is 5.17. The standard InChI is InChI=1S/C15H17NO4/c1-15(19-9-10-20-15)13(17)12-7-8-16(14(12)18)11-5-3-2-4-6-11/h2-6,12H,7-10H2,1H3. The molecule has 0 bridgehead atoms. The zero-order valence-electron chi connectivity index (χ0n) is 11.4. The Balaban J connectivity index is 1.77. The molecule has 2 aliphatic rings. The molecule has 0 spiro atoms. The Morgan fingerprint density at radius 1 is 1.25 bits per heavy atom.